The third-order valence-corrected chi connectivity index (χ3v) is 3.67. The largest absolute Gasteiger partial charge is 0.475 e. The van der Waals surface area contributed by atoms with E-state index in [1.54, 1.807) is 6.92 Å². The highest BCUT2D eigenvalue weighted by molar-refractivity contribution is 6.45. The molecular formula is C14H10Cl2O4. The number of allylic oxidation sites excluding steroid dienone is 1. The van der Waals surface area contributed by atoms with E-state index in [0.29, 0.717) is 12.0 Å². The van der Waals surface area contributed by atoms with Crippen molar-refractivity contribution in [3.05, 3.63) is 45.7 Å². The number of carbonyl (C=O) groups is 2. The summed E-state index contributed by atoms with van der Waals surface area (Å²) >= 11 is 12.1. The van der Waals surface area contributed by atoms with Crippen molar-refractivity contribution in [3.8, 4) is 0 Å². The first-order valence-electron chi connectivity index (χ1n) is 5.74. The fraction of sp³-hybridized carbons (Fsp3) is 0.143. The molecule has 0 saturated carbocycles. The van der Waals surface area contributed by atoms with Gasteiger partial charge in [-0.05, 0) is 24.1 Å². The lowest BCUT2D eigenvalue weighted by Crippen LogP contribution is -2.02. The zero-order valence-electron chi connectivity index (χ0n) is 10.5. The van der Waals surface area contributed by atoms with Gasteiger partial charge in [-0.1, -0.05) is 36.7 Å². The number of ketones is 1. The van der Waals surface area contributed by atoms with Crippen LogP contribution < -0.4 is 0 Å². The van der Waals surface area contributed by atoms with Crippen LogP contribution in [-0.2, 0) is 0 Å². The van der Waals surface area contributed by atoms with Gasteiger partial charge < -0.3 is 9.52 Å². The molecule has 0 radical (unpaired) electrons. The Morgan fingerprint density at radius 2 is 1.95 bits per heavy atom. The van der Waals surface area contributed by atoms with Gasteiger partial charge in [0.1, 0.15) is 10.6 Å². The molecule has 1 heterocycles. The quantitative estimate of drug-likeness (QED) is 0.662. The van der Waals surface area contributed by atoms with Gasteiger partial charge in [-0.2, -0.15) is 0 Å². The van der Waals surface area contributed by atoms with Crippen LogP contribution in [0.4, 0.5) is 0 Å². The SMILES string of the molecule is C=C(CC)C(=O)c1ccc2oc(C(=O)O)c(Cl)c2c1Cl. The van der Waals surface area contributed by atoms with E-state index < -0.39 is 11.7 Å². The maximum Gasteiger partial charge on any atom is 0.373 e. The summed E-state index contributed by atoms with van der Waals surface area (Å²) < 4.78 is 5.11. The molecule has 4 nitrogen and oxygen atoms in total. The van der Waals surface area contributed by atoms with Gasteiger partial charge in [0, 0.05) is 5.56 Å². The standard InChI is InChI=1S/C14H10Cl2O4/c1-3-6(2)12(17)7-4-5-8-9(10(7)15)11(16)13(20-8)14(18)19/h4-5H,2-3H2,1H3,(H,18,19). The zero-order chi connectivity index (χ0) is 15.0. The van der Waals surface area contributed by atoms with E-state index in [-0.39, 0.29) is 32.4 Å². The van der Waals surface area contributed by atoms with Crippen molar-refractivity contribution in [2.75, 3.05) is 0 Å². The number of hydrogen-bond acceptors (Lipinski definition) is 3. The third-order valence-electron chi connectivity index (χ3n) is 2.92. The van der Waals surface area contributed by atoms with Crippen LogP contribution in [0.2, 0.25) is 10.0 Å². The fourth-order valence-corrected chi connectivity index (χ4v) is 2.47. The van der Waals surface area contributed by atoms with Crippen LogP contribution in [-0.4, -0.2) is 16.9 Å². The molecule has 0 atom stereocenters. The molecule has 0 saturated heterocycles. The van der Waals surface area contributed by atoms with Crippen LogP contribution in [0.3, 0.4) is 0 Å². The number of benzene rings is 1. The first-order chi connectivity index (χ1) is 9.38. The first kappa shape index (κ1) is 14.6. The Balaban J connectivity index is 2.71. The average molecular weight is 313 g/mol. The van der Waals surface area contributed by atoms with E-state index in [4.69, 9.17) is 32.7 Å². The minimum absolute atomic E-state index is 0.0725. The van der Waals surface area contributed by atoms with E-state index in [9.17, 15) is 9.59 Å². The molecule has 6 heteroatoms. The maximum absolute atomic E-state index is 12.1. The number of carboxylic acids is 1. The number of carboxylic acid groups (broad SMARTS) is 1. The Hall–Kier alpha value is -1.78. The number of aromatic carboxylic acids is 1. The van der Waals surface area contributed by atoms with E-state index >= 15 is 0 Å². The van der Waals surface area contributed by atoms with Gasteiger partial charge >= 0.3 is 5.97 Å². The first-order valence-corrected chi connectivity index (χ1v) is 6.50. The molecule has 2 rings (SSSR count). The second-order valence-corrected chi connectivity index (χ2v) is 4.89. The predicted octanol–water partition coefficient (Wildman–Crippen LogP) is 4.59. The summed E-state index contributed by atoms with van der Waals surface area (Å²) in [4.78, 5) is 23.1. The van der Waals surface area contributed by atoms with Crippen molar-refractivity contribution in [3.63, 3.8) is 0 Å². The normalized spacial score (nSPS) is 10.8. The molecule has 104 valence electrons. The zero-order valence-corrected chi connectivity index (χ0v) is 12.0. The van der Waals surface area contributed by atoms with Crippen LogP contribution >= 0.6 is 23.2 Å². The van der Waals surface area contributed by atoms with Gasteiger partial charge in [-0.3, -0.25) is 4.79 Å². The summed E-state index contributed by atoms with van der Waals surface area (Å²) in [5.41, 5.74) is 0.853. The van der Waals surface area contributed by atoms with Crippen molar-refractivity contribution >= 4 is 45.9 Å². The van der Waals surface area contributed by atoms with E-state index in [1.165, 1.54) is 12.1 Å². The lowest BCUT2D eigenvalue weighted by Gasteiger charge is -2.05. The molecule has 0 spiro atoms. The summed E-state index contributed by atoms with van der Waals surface area (Å²) in [5, 5.41) is 9.14. The van der Waals surface area contributed by atoms with E-state index in [2.05, 4.69) is 6.58 Å². The van der Waals surface area contributed by atoms with Crippen molar-refractivity contribution in [2.45, 2.75) is 13.3 Å². The molecule has 0 amide bonds. The van der Waals surface area contributed by atoms with Gasteiger partial charge in [0.05, 0.1) is 10.4 Å². The number of hydrogen-bond donors (Lipinski definition) is 1. The Kier molecular flexibility index (Phi) is 3.88. The molecule has 1 N–H and O–H groups in total. The van der Waals surface area contributed by atoms with Gasteiger partial charge in [-0.15, -0.1) is 0 Å². The molecule has 2 aromatic rings. The van der Waals surface area contributed by atoms with Crippen LogP contribution in [0.5, 0.6) is 0 Å². The highest BCUT2D eigenvalue weighted by atomic mass is 35.5. The van der Waals surface area contributed by atoms with Crippen LogP contribution in [0.15, 0.2) is 28.7 Å². The smallest absolute Gasteiger partial charge is 0.373 e. The average Bonchev–Trinajstić information content (AvgIpc) is 2.75. The summed E-state index contributed by atoms with van der Waals surface area (Å²) in [6.07, 6.45) is 0.493. The van der Waals surface area contributed by atoms with Crippen LogP contribution in [0.25, 0.3) is 11.0 Å². The minimum Gasteiger partial charge on any atom is -0.475 e. The Bertz CT molecular complexity index is 743. The van der Waals surface area contributed by atoms with Crippen molar-refractivity contribution < 1.29 is 19.1 Å². The van der Waals surface area contributed by atoms with Crippen LogP contribution in [0.1, 0.15) is 34.3 Å². The number of halogens is 2. The number of furan rings is 1. The van der Waals surface area contributed by atoms with Crippen molar-refractivity contribution in [1.29, 1.82) is 0 Å². The minimum atomic E-state index is -1.30. The topological polar surface area (TPSA) is 67.5 Å². The van der Waals surface area contributed by atoms with Gasteiger partial charge in [0.15, 0.2) is 5.78 Å². The third kappa shape index (κ3) is 2.21. The Morgan fingerprint density at radius 3 is 2.50 bits per heavy atom. The summed E-state index contributed by atoms with van der Waals surface area (Å²) in [6, 6.07) is 2.94. The molecule has 0 fully saturated rings. The molecule has 0 bridgehead atoms. The second kappa shape index (κ2) is 5.31. The summed E-state index contributed by atoms with van der Waals surface area (Å²) in [7, 11) is 0. The lowest BCUT2D eigenvalue weighted by atomic mass is 10.0. The second-order valence-electron chi connectivity index (χ2n) is 4.14. The molecule has 0 aliphatic rings. The number of Topliss-reactive ketones (excluding diaryl/α,β-unsaturated/α-hetero) is 1. The van der Waals surface area contributed by atoms with Crippen LogP contribution in [0, 0.1) is 0 Å². The van der Waals surface area contributed by atoms with Gasteiger partial charge in [-0.25, -0.2) is 4.79 Å². The Morgan fingerprint density at radius 1 is 1.30 bits per heavy atom. The van der Waals surface area contributed by atoms with Gasteiger partial charge in [0.25, 0.3) is 0 Å². The highest BCUT2D eigenvalue weighted by Crippen LogP contribution is 2.38. The monoisotopic (exact) mass is 312 g/mol. The molecule has 1 aromatic heterocycles. The summed E-state index contributed by atoms with van der Waals surface area (Å²) in [6.45, 7) is 5.47. The Labute approximate surface area is 124 Å². The number of fused-ring (bicyclic) bond motifs is 1. The van der Waals surface area contributed by atoms with Crippen molar-refractivity contribution in [1.82, 2.24) is 0 Å². The molecule has 0 aliphatic heterocycles. The molecular weight excluding hydrogens is 303 g/mol. The molecule has 1 aromatic carbocycles. The molecule has 0 unspecified atom stereocenters. The lowest BCUT2D eigenvalue weighted by molar-refractivity contribution is 0.0665. The number of rotatable bonds is 4. The van der Waals surface area contributed by atoms with E-state index in [0.717, 1.165) is 0 Å². The molecule has 20 heavy (non-hydrogen) atoms. The predicted molar refractivity (Wildman–Crippen MR) is 77.0 cm³/mol. The summed E-state index contributed by atoms with van der Waals surface area (Å²) in [5.74, 6) is -2.00. The molecule has 0 aliphatic carbocycles. The highest BCUT2D eigenvalue weighted by Gasteiger charge is 2.23. The van der Waals surface area contributed by atoms with Crippen molar-refractivity contribution in [2.24, 2.45) is 0 Å². The van der Waals surface area contributed by atoms with E-state index in [1.807, 2.05) is 0 Å². The number of carbonyl (C=O) groups excluding carboxylic acids is 1. The van der Waals surface area contributed by atoms with Gasteiger partial charge in [0.2, 0.25) is 5.76 Å². The maximum atomic E-state index is 12.1. The fourth-order valence-electron chi connectivity index (χ4n) is 1.78.